The zero-order valence-corrected chi connectivity index (χ0v) is 32.3. The molecular formula is C40H50Cl2Zr-2. The summed E-state index contributed by atoms with van der Waals surface area (Å²) in [5, 5.41) is 5.49. The third kappa shape index (κ3) is 10.7. The number of hydrogen-bond donors (Lipinski definition) is 0. The Balaban J connectivity index is 0.000000355. The minimum Gasteiger partial charge on any atom is -1.00 e. The van der Waals surface area contributed by atoms with Crippen LogP contribution in [0.3, 0.4) is 0 Å². The van der Waals surface area contributed by atoms with Gasteiger partial charge in [0.1, 0.15) is 0 Å². The van der Waals surface area contributed by atoms with Gasteiger partial charge in [0.15, 0.2) is 0 Å². The van der Waals surface area contributed by atoms with Crippen molar-refractivity contribution in [1.29, 1.82) is 0 Å². The molecule has 0 saturated carbocycles. The van der Waals surface area contributed by atoms with Gasteiger partial charge in [-0.1, -0.05) is 116 Å². The van der Waals surface area contributed by atoms with Gasteiger partial charge in [-0.05, 0) is 10.8 Å². The topological polar surface area (TPSA) is 0 Å². The van der Waals surface area contributed by atoms with E-state index < -0.39 is 0 Å². The zero-order valence-electron chi connectivity index (χ0n) is 28.3. The summed E-state index contributed by atoms with van der Waals surface area (Å²) >= 11 is 1.51. The van der Waals surface area contributed by atoms with Crippen LogP contribution in [0.1, 0.15) is 98.4 Å². The average Bonchev–Trinajstić information content (AvgIpc) is 3.42. The van der Waals surface area contributed by atoms with Crippen LogP contribution in [0.15, 0.2) is 84.0 Å². The molecule has 0 radical (unpaired) electrons. The van der Waals surface area contributed by atoms with Crippen molar-refractivity contribution < 1.29 is 49.0 Å². The van der Waals surface area contributed by atoms with E-state index in [1.54, 1.807) is 0 Å². The molecule has 1 unspecified atom stereocenters. The number of hydrogen-bond acceptors (Lipinski definition) is 0. The summed E-state index contributed by atoms with van der Waals surface area (Å²) < 4.78 is 1.46. The first-order valence-electron chi connectivity index (χ1n) is 15.1. The van der Waals surface area contributed by atoms with Gasteiger partial charge in [0.25, 0.3) is 0 Å². The number of benzene rings is 3. The van der Waals surface area contributed by atoms with Crippen LogP contribution in [-0.4, -0.2) is 3.21 Å². The van der Waals surface area contributed by atoms with E-state index in [9.17, 15) is 0 Å². The summed E-state index contributed by atoms with van der Waals surface area (Å²) in [6.07, 6.45) is 5.68. The normalized spacial score (nSPS) is 14.5. The van der Waals surface area contributed by atoms with E-state index in [1.807, 2.05) is 0 Å². The quantitative estimate of drug-likeness (QED) is 0.248. The fourth-order valence-electron chi connectivity index (χ4n) is 5.22. The summed E-state index contributed by atoms with van der Waals surface area (Å²) in [6, 6.07) is 24.8. The second-order valence-corrected chi connectivity index (χ2v) is 15.9. The van der Waals surface area contributed by atoms with Gasteiger partial charge in [-0.3, -0.25) is 6.08 Å². The van der Waals surface area contributed by atoms with Crippen LogP contribution in [0.5, 0.6) is 0 Å². The minimum atomic E-state index is 0. The van der Waals surface area contributed by atoms with Gasteiger partial charge in [-0.2, -0.15) is 11.6 Å². The monoisotopic (exact) mass is 690 g/mol. The Morgan fingerprint density at radius 3 is 1.51 bits per heavy atom. The summed E-state index contributed by atoms with van der Waals surface area (Å²) in [5.74, 6) is 1.20. The molecule has 43 heavy (non-hydrogen) atoms. The molecule has 4 aromatic rings. The van der Waals surface area contributed by atoms with Crippen molar-refractivity contribution in [3.05, 3.63) is 112 Å². The van der Waals surface area contributed by atoms with Crippen LogP contribution in [0.2, 0.25) is 0 Å². The third-order valence-corrected chi connectivity index (χ3v) is 8.56. The molecule has 0 N–H and O–H groups in total. The van der Waals surface area contributed by atoms with Gasteiger partial charge in [-0.25, -0.2) is 5.57 Å². The van der Waals surface area contributed by atoms with Gasteiger partial charge in [-0.15, -0.1) is 39.7 Å². The predicted octanol–water partition coefficient (Wildman–Crippen LogP) is 5.37. The molecule has 230 valence electrons. The second kappa shape index (κ2) is 16.1. The number of aryl methyl sites for hydroxylation is 1. The molecule has 0 bridgehead atoms. The van der Waals surface area contributed by atoms with E-state index in [-0.39, 0.29) is 35.6 Å². The van der Waals surface area contributed by atoms with E-state index in [1.165, 1.54) is 82.4 Å². The Morgan fingerprint density at radius 2 is 1.21 bits per heavy atom. The van der Waals surface area contributed by atoms with E-state index >= 15 is 0 Å². The molecule has 1 aliphatic rings. The Kier molecular flexibility index (Phi) is 14.7. The fraction of sp³-hybridized carbons (Fsp3) is 0.400. The Morgan fingerprint density at radius 1 is 0.767 bits per heavy atom. The zero-order chi connectivity index (χ0) is 30.7. The van der Waals surface area contributed by atoms with Crippen molar-refractivity contribution in [1.82, 2.24) is 0 Å². The number of rotatable bonds is 2. The first kappa shape index (κ1) is 39.4. The molecule has 0 spiro atoms. The molecule has 5 rings (SSSR count). The molecule has 1 aliphatic carbocycles. The first-order valence-corrected chi connectivity index (χ1v) is 16.3. The summed E-state index contributed by atoms with van der Waals surface area (Å²) in [7, 11) is 0. The van der Waals surface area contributed by atoms with Crippen LogP contribution in [-0.2, 0) is 35.1 Å². The first-order chi connectivity index (χ1) is 19.0. The molecule has 0 nitrogen and oxygen atoms in total. The number of allylic oxidation sites excluding steroid dienone is 4. The molecule has 4 aromatic carbocycles. The molecule has 1 atom stereocenters. The molecule has 3 heteroatoms. The maximum atomic E-state index is 3.37. The maximum Gasteiger partial charge on any atom is -1.00 e. The number of fused-ring (bicyclic) bond motifs is 3. The average molecular weight is 693 g/mol. The summed E-state index contributed by atoms with van der Waals surface area (Å²) in [5.41, 5.74) is 8.74. The Labute approximate surface area is 290 Å². The van der Waals surface area contributed by atoms with Crippen molar-refractivity contribution in [3.8, 4) is 0 Å². The maximum absolute atomic E-state index is 3.37. The SMILES string of the molecule is CC(C)(C)c1ccc2[cH-]c3ccc(C(C)(C)C)cc3c2c1.CC1=[C-]C(C)C=C1C(C)C.C[C](=[Zr+2])c1ccc(C)cc1.[Cl-].[Cl-]. The molecule has 0 amide bonds. The molecule has 0 fully saturated rings. The van der Waals surface area contributed by atoms with Crippen LogP contribution >= 0.6 is 0 Å². The molecule has 0 aliphatic heterocycles. The minimum absolute atomic E-state index is 0. The standard InChI is InChI=1S/C21H25.C10H15.C9H10.2ClH.Zr/c1-20(2,3)16-9-7-14-11-15-8-10-17(21(4,5)6)13-19(15)18(14)12-16;1-7(2)10-6-8(3)5-9(10)4;1-3-9-6-4-8(2)5-7-9;;;/h7-13H,1-6H3;6-8H,1-4H3;4-7H,1-2H3;2*1H;/q2*-1;;;;+2/p-2. The van der Waals surface area contributed by atoms with Crippen molar-refractivity contribution in [3.63, 3.8) is 0 Å². The van der Waals surface area contributed by atoms with E-state index in [4.69, 9.17) is 0 Å². The van der Waals surface area contributed by atoms with Gasteiger partial charge < -0.3 is 24.8 Å². The molecular weight excluding hydrogens is 643 g/mol. The van der Waals surface area contributed by atoms with Gasteiger partial charge >= 0.3 is 76.7 Å². The van der Waals surface area contributed by atoms with Crippen LogP contribution in [0.4, 0.5) is 0 Å². The fourth-order valence-corrected chi connectivity index (χ4v) is 5.63. The third-order valence-electron chi connectivity index (χ3n) is 7.85. The van der Waals surface area contributed by atoms with E-state index in [0.717, 1.165) is 0 Å². The Bertz CT molecular complexity index is 1500. The van der Waals surface area contributed by atoms with Crippen molar-refractivity contribution >= 4 is 24.8 Å². The van der Waals surface area contributed by atoms with E-state index in [2.05, 4.69) is 162 Å². The van der Waals surface area contributed by atoms with Crippen LogP contribution < -0.4 is 24.8 Å². The predicted molar refractivity (Wildman–Crippen MR) is 180 cm³/mol. The van der Waals surface area contributed by atoms with Gasteiger partial charge in [0.05, 0.1) is 0 Å². The molecule has 0 saturated heterocycles. The van der Waals surface area contributed by atoms with E-state index in [0.29, 0.717) is 11.8 Å². The largest absolute Gasteiger partial charge is 1.00 e. The van der Waals surface area contributed by atoms with Crippen molar-refractivity contribution in [2.24, 2.45) is 11.8 Å². The van der Waals surface area contributed by atoms with Crippen LogP contribution in [0.25, 0.3) is 21.5 Å². The second-order valence-electron chi connectivity index (χ2n) is 14.1. The summed E-state index contributed by atoms with van der Waals surface area (Å²) in [4.78, 5) is 0. The van der Waals surface area contributed by atoms with Crippen molar-refractivity contribution in [2.45, 2.75) is 93.9 Å². The number of halogens is 2. The van der Waals surface area contributed by atoms with Gasteiger partial charge in [0.2, 0.25) is 0 Å². The van der Waals surface area contributed by atoms with Crippen LogP contribution in [0, 0.1) is 24.8 Å². The Hall–Kier alpha value is -1.66. The molecule has 0 heterocycles. The smallest absolute Gasteiger partial charge is 1.00 e. The summed E-state index contributed by atoms with van der Waals surface area (Å²) in [6.45, 7) is 26.7. The van der Waals surface area contributed by atoms with Crippen molar-refractivity contribution in [2.75, 3.05) is 0 Å². The molecule has 0 aromatic heterocycles. The van der Waals surface area contributed by atoms with Gasteiger partial charge in [0, 0.05) is 0 Å².